The molecule has 1 heterocycles. The molecule has 2 N–H and O–H groups in total. The van der Waals surface area contributed by atoms with Crippen LogP contribution in [0.2, 0.25) is 0 Å². The zero-order valence-electron chi connectivity index (χ0n) is 12.0. The van der Waals surface area contributed by atoms with Crippen molar-refractivity contribution in [2.24, 2.45) is 17.6 Å². The fourth-order valence-corrected chi connectivity index (χ4v) is 6.50. The van der Waals surface area contributed by atoms with Crippen LogP contribution in [0.5, 0.6) is 0 Å². The monoisotopic (exact) mass is 289 g/mol. The normalized spacial score (nSPS) is 40.5. The minimum atomic E-state index is -3.12. The van der Waals surface area contributed by atoms with Crippen molar-refractivity contribution < 1.29 is 13.2 Å². The van der Waals surface area contributed by atoms with E-state index in [9.17, 15) is 8.42 Å². The van der Waals surface area contributed by atoms with Gasteiger partial charge in [0.25, 0.3) is 0 Å². The van der Waals surface area contributed by atoms with Gasteiger partial charge >= 0.3 is 0 Å². The molecule has 0 aromatic heterocycles. The number of sulfone groups is 1. The first-order valence-corrected chi connectivity index (χ1v) is 9.16. The average Bonchev–Trinajstić information content (AvgIpc) is 2.85. The lowest BCUT2D eigenvalue weighted by Gasteiger charge is -2.36. The highest BCUT2D eigenvalue weighted by Gasteiger charge is 2.45. The summed E-state index contributed by atoms with van der Waals surface area (Å²) in [7, 11) is -3.12. The first kappa shape index (κ1) is 15.3. The van der Waals surface area contributed by atoms with Gasteiger partial charge in [-0.3, -0.25) is 0 Å². The second-order valence-corrected chi connectivity index (χ2v) is 8.50. The second kappa shape index (κ2) is 6.10. The highest BCUT2D eigenvalue weighted by molar-refractivity contribution is 7.92. The summed E-state index contributed by atoms with van der Waals surface area (Å²) in [5, 5.41) is -0.562. The van der Waals surface area contributed by atoms with Gasteiger partial charge in [-0.1, -0.05) is 19.8 Å². The molecule has 2 fully saturated rings. The van der Waals surface area contributed by atoms with E-state index in [2.05, 4.69) is 6.92 Å². The van der Waals surface area contributed by atoms with E-state index >= 15 is 0 Å². The molecule has 2 rings (SSSR count). The Balaban J connectivity index is 2.20. The molecule has 5 unspecified atom stereocenters. The van der Waals surface area contributed by atoms with Crippen molar-refractivity contribution in [2.45, 2.75) is 62.6 Å². The van der Waals surface area contributed by atoms with Gasteiger partial charge in [0.1, 0.15) is 0 Å². The van der Waals surface area contributed by atoms with Crippen LogP contribution in [0.4, 0.5) is 0 Å². The Morgan fingerprint density at radius 2 is 1.95 bits per heavy atom. The van der Waals surface area contributed by atoms with Crippen LogP contribution in [0.15, 0.2) is 0 Å². The largest absolute Gasteiger partial charge is 0.377 e. The average molecular weight is 289 g/mol. The summed E-state index contributed by atoms with van der Waals surface area (Å²) in [6.45, 7) is 5.09. The summed E-state index contributed by atoms with van der Waals surface area (Å²) in [6.07, 6.45) is 4.44. The third kappa shape index (κ3) is 2.98. The fourth-order valence-electron chi connectivity index (χ4n) is 3.69. The van der Waals surface area contributed by atoms with Crippen LogP contribution in [0.3, 0.4) is 0 Å². The van der Waals surface area contributed by atoms with Crippen LogP contribution < -0.4 is 5.73 Å². The summed E-state index contributed by atoms with van der Waals surface area (Å²) in [4.78, 5) is 0. The van der Waals surface area contributed by atoms with Gasteiger partial charge in [-0.05, 0) is 44.6 Å². The Bertz CT molecular complexity index is 395. The van der Waals surface area contributed by atoms with Crippen LogP contribution in [0, 0.1) is 11.8 Å². The van der Waals surface area contributed by atoms with Gasteiger partial charge in [0.2, 0.25) is 0 Å². The Labute approximate surface area is 117 Å². The van der Waals surface area contributed by atoms with Crippen molar-refractivity contribution in [2.75, 3.05) is 13.2 Å². The summed E-state index contributed by atoms with van der Waals surface area (Å²) in [5.74, 6) is 0.681. The highest BCUT2D eigenvalue weighted by Crippen LogP contribution is 2.38. The van der Waals surface area contributed by atoms with Crippen LogP contribution in [-0.4, -0.2) is 38.2 Å². The molecule has 1 aliphatic heterocycles. The zero-order chi connectivity index (χ0) is 14.0. The molecule has 5 heteroatoms. The van der Waals surface area contributed by atoms with E-state index in [0.29, 0.717) is 25.5 Å². The number of nitrogens with two attached hydrogens (primary N) is 1. The maximum atomic E-state index is 12.9. The maximum Gasteiger partial charge on any atom is 0.158 e. The van der Waals surface area contributed by atoms with Crippen molar-refractivity contribution in [3.05, 3.63) is 0 Å². The maximum absolute atomic E-state index is 12.9. The van der Waals surface area contributed by atoms with E-state index in [0.717, 1.165) is 25.7 Å². The first-order valence-electron chi connectivity index (χ1n) is 7.55. The second-order valence-electron chi connectivity index (χ2n) is 6.11. The lowest BCUT2D eigenvalue weighted by atomic mass is 9.80. The van der Waals surface area contributed by atoms with Crippen molar-refractivity contribution in [1.82, 2.24) is 0 Å². The number of hydrogen-bond donors (Lipinski definition) is 1. The Morgan fingerprint density at radius 1 is 1.21 bits per heavy atom. The highest BCUT2D eigenvalue weighted by atomic mass is 32.2. The molecule has 4 nitrogen and oxygen atoms in total. The van der Waals surface area contributed by atoms with Crippen molar-refractivity contribution >= 4 is 9.84 Å². The van der Waals surface area contributed by atoms with Gasteiger partial charge in [-0.2, -0.15) is 0 Å². The van der Waals surface area contributed by atoms with E-state index in [1.54, 1.807) is 0 Å². The fraction of sp³-hybridized carbons (Fsp3) is 1.00. The zero-order valence-corrected chi connectivity index (χ0v) is 12.9. The van der Waals surface area contributed by atoms with Gasteiger partial charge in [0.05, 0.1) is 16.6 Å². The van der Waals surface area contributed by atoms with E-state index in [4.69, 9.17) is 10.5 Å². The molecule has 1 saturated heterocycles. The predicted octanol–water partition coefficient (Wildman–Crippen LogP) is 1.73. The molecular weight excluding hydrogens is 262 g/mol. The van der Waals surface area contributed by atoms with Gasteiger partial charge < -0.3 is 10.5 Å². The van der Waals surface area contributed by atoms with Crippen molar-refractivity contribution in [3.8, 4) is 0 Å². The molecule has 112 valence electrons. The van der Waals surface area contributed by atoms with Gasteiger partial charge in [-0.15, -0.1) is 0 Å². The van der Waals surface area contributed by atoms with Crippen molar-refractivity contribution in [3.63, 3.8) is 0 Å². The van der Waals surface area contributed by atoms with Gasteiger partial charge in [0, 0.05) is 6.61 Å². The molecular formula is C14H27NO3S. The Hall–Kier alpha value is -0.130. The SMILES string of the molecule is CCC1CCC(CN)C(S(=O)(=O)C2CCOC2C)C1. The van der Waals surface area contributed by atoms with Crippen LogP contribution in [0.25, 0.3) is 0 Å². The minimum absolute atomic E-state index is 0.139. The third-order valence-corrected chi connectivity index (χ3v) is 7.95. The van der Waals surface area contributed by atoms with Crippen LogP contribution in [0.1, 0.15) is 46.0 Å². The summed E-state index contributed by atoms with van der Waals surface area (Å²) < 4.78 is 31.2. The summed E-state index contributed by atoms with van der Waals surface area (Å²) in [5.41, 5.74) is 5.81. The van der Waals surface area contributed by atoms with Crippen molar-refractivity contribution in [1.29, 1.82) is 0 Å². The molecule has 0 spiro atoms. The van der Waals surface area contributed by atoms with E-state index in [1.807, 2.05) is 6.92 Å². The molecule has 0 aromatic carbocycles. The lowest BCUT2D eigenvalue weighted by molar-refractivity contribution is 0.126. The van der Waals surface area contributed by atoms with Gasteiger partial charge in [0.15, 0.2) is 9.84 Å². The molecule has 0 bridgehead atoms. The standard InChI is InChI=1S/C14H27NO3S/c1-3-11-4-5-12(9-15)14(8-11)19(16,17)13-6-7-18-10(13)2/h10-14H,3-9,15H2,1-2H3. The number of rotatable bonds is 4. The molecule has 1 saturated carbocycles. The summed E-state index contributed by atoms with van der Waals surface area (Å²) >= 11 is 0. The smallest absolute Gasteiger partial charge is 0.158 e. The third-order valence-electron chi connectivity index (χ3n) is 5.07. The van der Waals surface area contributed by atoms with Gasteiger partial charge in [-0.25, -0.2) is 8.42 Å². The topological polar surface area (TPSA) is 69.4 Å². The molecule has 5 atom stereocenters. The number of hydrogen-bond acceptors (Lipinski definition) is 4. The van der Waals surface area contributed by atoms with E-state index in [1.165, 1.54) is 0 Å². The summed E-state index contributed by atoms with van der Waals surface area (Å²) in [6, 6.07) is 0. The van der Waals surface area contributed by atoms with E-state index in [-0.39, 0.29) is 22.5 Å². The molecule has 0 aromatic rings. The lowest BCUT2D eigenvalue weighted by Crippen LogP contribution is -2.45. The van der Waals surface area contributed by atoms with Crippen LogP contribution >= 0.6 is 0 Å². The minimum Gasteiger partial charge on any atom is -0.377 e. The first-order chi connectivity index (χ1) is 9.00. The molecule has 2 aliphatic rings. The molecule has 1 aliphatic carbocycles. The number of ether oxygens (including phenoxy) is 1. The quantitative estimate of drug-likeness (QED) is 0.856. The Morgan fingerprint density at radius 3 is 2.47 bits per heavy atom. The molecule has 19 heavy (non-hydrogen) atoms. The molecule has 0 radical (unpaired) electrons. The Kier molecular flexibility index (Phi) is 4.90. The van der Waals surface area contributed by atoms with E-state index < -0.39 is 9.84 Å². The molecule has 0 amide bonds. The predicted molar refractivity (Wildman–Crippen MR) is 76.7 cm³/mol. The van der Waals surface area contributed by atoms with Crippen LogP contribution in [-0.2, 0) is 14.6 Å².